The molecule has 1 aromatic carbocycles. The minimum Gasteiger partial charge on any atom is -0.496 e. The Kier molecular flexibility index (Phi) is 5.48. The fourth-order valence-corrected chi connectivity index (χ4v) is 2.12. The summed E-state index contributed by atoms with van der Waals surface area (Å²) in [4.78, 5) is 11.9. The Bertz CT molecular complexity index is 432. The molecule has 1 N–H and O–H groups in total. The van der Waals surface area contributed by atoms with Gasteiger partial charge in [-0.2, -0.15) is 0 Å². The first-order chi connectivity index (χ1) is 8.47. The first-order valence-electron chi connectivity index (χ1n) is 6.10. The van der Waals surface area contributed by atoms with Crippen LogP contribution < -0.4 is 10.1 Å². The molecule has 0 heterocycles. The van der Waals surface area contributed by atoms with Crippen molar-refractivity contribution in [2.45, 2.75) is 39.7 Å². The smallest absolute Gasteiger partial charge is 0.224 e. The van der Waals surface area contributed by atoms with Crippen molar-refractivity contribution in [1.82, 2.24) is 5.32 Å². The third-order valence-corrected chi connectivity index (χ3v) is 3.11. The van der Waals surface area contributed by atoms with Crippen molar-refractivity contribution < 1.29 is 9.53 Å². The second-order valence-corrected chi connectivity index (χ2v) is 4.91. The average Bonchev–Trinajstić information content (AvgIpc) is 2.28. The zero-order valence-corrected chi connectivity index (χ0v) is 12.1. The molecule has 3 nitrogen and oxygen atoms in total. The van der Waals surface area contributed by atoms with Gasteiger partial charge in [-0.15, -0.1) is 0 Å². The van der Waals surface area contributed by atoms with Gasteiger partial charge in [0.2, 0.25) is 5.91 Å². The van der Waals surface area contributed by atoms with Crippen molar-refractivity contribution in [3.63, 3.8) is 0 Å². The molecule has 1 atom stereocenters. The molecule has 0 aliphatic heterocycles. The van der Waals surface area contributed by atoms with Crippen LogP contribution in [0.1, 0.15) is 31.4 Å². The van der Waals surface area contributed by atoms with E-state index in [-0.39, 0.29) is 18.4 Å². The predicted octanol–water partition coefficient (Wildman–Crippen LogP) is 3.11. The number of rotatable bonds is 5. The first kappa shape index (κ1) is 14.8. The van der Waals surface area contributed by atoms with E-state index in [0.717, 1.165) is 23.3 Å². The number of aryl methyl sites for hydroxylation is 1. The third-order valence-electron chi connectivity index (χ3n) is 2.89. The summed E-state index contributed by atoms with van der Waals surface area (Å²) in [6, 6.07) is 3.80. The van der Waals surface area contributed by atoms with E-state index in [1.807, 2.05) is 26.8 Å². The van der Waals surface area contributed by atoms with Gasteiger partial charge in [-0.3, -0.25) is 4.79 Å². The summed E-state index contributed by atoms with van der Waals surface area (Å²) in [5.41, 5.74) is 1.76. The Hall–Kier alpha value is -1.22. The van der Waals surface area contributed by atoms with Crippen LogP contribution in [0.25, 0.3) is 0 Å². The Morgan fingerprint density at radius 1 is 1.50 bits per heavy atom. The summed E-state index contributed by atoms with van der Waals surface area (Å²) in [7, 11) is 1.60. The molecule has 0 spiro atoms. The number of carbonyl (C=O) groups is 1. The Labute approximate surface area is 113 Å². The van der Waals surface area contributed by atoms with E-state index in [1.165, 1.54) is 0 Å². The van der Waals surface area contributed by atoms with Gasteiger partial charge >= 0.3 is 0 Å². The zero-order chi connectivity index (χ0) is 13.7. The van der Waals surface area contributed by atoms with Crippen LogP contribution in [0.4, 0.5) is 0 Å². The van der Waals surface area contributed by atoms with E-state index in [2.05, 4.69) is 5.32 Å². The second kappa shape index (κ2) is 6.64. The van der Waals surface area contributed by atoms with E-state index >= 15 is 0 Å². The van der Waals surface area contributed by atoms with Gasteiger partial charge in [0.25, 0.3) is 0 Å². The topological polar surface area (TPSA) is 38.3 Å². The highest BCUT2D eigenvalue weighted by atomic mass is 35.5. The monoisotopic (exact) mass is 269 g/mol. The number of nitrogens with one attached hydrogen (secondary N) is 1. The van der Waals surface area contributed by atoms with Gasteiger partial charge in [0.15, 0.2) is 0 Å². The molecule has 4 heteroatoms. The lowest BCUT2D eigenvalue weighted by Gasteiger charge is -2.14. The molecule has 1 aromatic rings. The van der Waals surface area contributed by atoms with E-state index in [1.54, 1.807) is 13.2 Å². The molecule has 1 rings (SSSR count). The zero-order valence-electron chi connectivity index (χ0n) is 11.3. The van der Waals surface area contributed by atoms with Crippen LogP contribution in [-0.4, -0.2) is 19.1 Å². The van der Waals surface area contributed by atoms with Gasteiger partial charge in [-0.05, 0) is 38.0 Å². The van der Waals surface area contributed by atoms with Gasteiger partial charge in [0, 0.05) is 16.6 Å². The molecular weight excluding hydrogens is 250 g/mol. The summed E-state index contributed by atoms with van der Waals surface area (Å²) in [6.07, 6.45) is 1.20. The Morgan fingerprint density at radius 2 is 2.17 bits per heavy atom. The molecule has 1 unspecified atom stereocenters. The summed E-state index contributed by atoms with van der Waals surface area (Å²) in [5.74, 6) is 0.725. The highest BCUT2D eigenvalue weighted by Gasteiger charge is 2.13. The average molecular weight is 270 g/mol. The summed E-state index contributed by atoms with van der Waals surface area (Å²) in [6.45, 7) is 5.94. The lowest BCUT2D eigenvalue weighted by atomic mass is 10.1. The van der Waals surface area contributed by atoms with Crippen molar-refractivity contribution in [2.75, 3.05) is 7.11 Å². The van der Waals surface area contributed by atoms with E-state index < -0.39 is 0 Å². The van der Waals surface area contributed by atoms with Crippen molar-refractivity contribution in [3.05, 3.63) is 28.3 Å². The normalized spacial score (nSPS) is 12.1. The standard InChI is InChI=1S/C14H20ClNO2/c1-5-10(3)16-13(17)8-11-7-12(15)6-9(2)14(11)18-4/h6-7,10H,5,8H2,1-4H3,(H,16,17). The van der Waals surface area contributed by atoms with Gasteiger partial charge < -0.3 is 10.1 Å². The molecule has 0 aliphatic carbocycles. The molecule has 18 heavy (non-hydrogen) atoms. The molecule has 0 saturated heterocycles. The summed E-state index contributed by atoms with van der Waals surface area (Å²) >= 11 is 6.01. The summed E-state index contributed by atoms with van der Waals surface area (Å²) in [5, 5.41) is 3.56. The molecule has 0 saturated carbocycles. The first-order valence-corrected chi connectivity index (χ1v) is 6.48. The largest absolute Gasteiger partial charge is 0.496 e. The lowest BCUT2D eigenvalue weighted by molar-refractivity contribution is -0.121. The number of halogens is 1. The number of hydrogen-bond donors (Lipinski definition) is 1. The number of ether oxygens (including phenoxy) is 1. The van der Waals surface area contributed by atoms with Crippen LogP contribution in [0.3, 0.4) is 0 Å². The molecule has 0 bridgehead atoms. The van der Waals surface area contributed by atoms with Gasteiger partial charge in [0.05, 0.1) is 13.5 Å². The highest BCUT2D eigenvalue weighted by Crippen LogP contribution is 2.27. The van der Waals surface area contributed by atoms with Crippen LogP contribution in [0.5, 0.6) is 5.75 Å². The maximum atomic E-state index is 11.9. The lowest BCUT2D eigenvalue weighted by Crippen LogP contribution is -2.33. The number of methoxy groups -OCH3 is 1. The Morgan fingerprint density at radius 3 is 2.72 bits per heavy atom. The highest BCUT2D eigenvalue weighted by molar-refractivity contribution is 6.30. The van der Waals surface area contributed by atoms with E-state index in [4.69, 9.17) is 16.3 Å². The molecule has 100 valence electrons. The third kappa shape index (κ3) is 3.91. The van der Waals surface area contributed by atoms with Crippen LogP contribution in [0, 0.1) is 6.92 Å². The number of amides is 1. The molecule has 0 fully saturated rings. The summed E-state index contributed by atoms with van der Waals surface area (Å²) < 4.78 is 5.32. The maximum Gasteiger partial charge on any atom is 0.224 e. The molecule has 0 radical (unpaired) electrons. The minimum absolute atomic E-state index is 0.00989. The second-order valence-electron chi connectivity index (χ2n) is 4.47. The minimum atomic E-state index is -0.00989. The molecule has 0 aromatic heterocycles. The molecular formula is C14H20ClNO2. The fraction of sp³-hybridized carbons (Fsp3) is 0.500. The van der Waals surface area contributed by atoms with Crippen molar-refractivity contribution in [2.24, 2.45) is 0 Å². The van der Waals surface area contributed by atoms with Crippen molar-refractivity contribution >= 4 is 17.5 Å². The number of carbonyl (C=O) groups excluding carboxylic acids is 1. The van der Waals surface area contributed by atoms with E-state index in [9.17, 15) is 4.79 Å². The molecule has 1 amide bonds. The predicted molar refractivity (Wildman–Crippen MR) is 74.3 cm³/mol. The SMILES string of the molecule is CCC(C)NC(=O)Cc1cc(Cl)cc(C)c1OC. The maximum absolute atomic E-state index is 11.9. The van der Waals surface area contributed by atoms with Crippen LogP contribution >= 0.6 is 11.6 Å². The van der Waals surface area contributed by atoms with Crippen molar-refractivity contribution in [3.8, 4) is 5.75 Å². The number of hydrogen-bond acceptors (Lipinski definition) is 2. The van der Waals surface area contributed by atoms with E-state index in [0.29, 0.717) is 5.02 Å². The van der Waals surface area contributed by atoms with Crippen LogP contribution in [-0.2, 0) is 11.2 Å². The fourth-order valence-electron chi connectivity index (χ4n) is 1.82. The van der Waals surface area contributed by atoms with Crippen LogP contribution in [0.2, 0.25) is 5.02 Å². The Balaban J connectivity index is 2.86. The van der Waals surface area contributed by atoms with Gasteiger partial charge in [-0.25, -0.2) is 0 Å². The quantitative estimate of drug-likeness (QED) is 0.892. The van der Waals surface area contributed by atoms with Crippen molar-refractivity contribution in [1.29, 1.82) is 0 Å². The van der Waals surface area contributed by atoms with Gasteiger partial charge in [-0.1, -0.05) is 18.5 Å². The van der Waals surface area contributed by atoms with Gasteiger partial charge in [0.1, 0.15) is 5.75 Å². The molecule has 0 aliphatic rings. The van der Waals surface area contributed by atoms with Crippen LogP contribution in [0.15, 0.2) is 12.1 Å². The number of benzene rings is 1.